The van der Waals surface area contributed by atoms with Crippen molar-refractivity contribution in [2.45, 2.75) is 32.2 Å². The van der Waals surface area contributed by atoms with Gasteiger partial charge in [-0.1, -0.05) is 19.4 Å². The largest absolute Gasteiger partial charge is 0.331 e. The number of hydrogen-bond acceptors (Lipinski definition) is 2. The van der Waals surface area contributed by atoms with Gasteiger partial charge in [0.2, 0.25) is 0 Å². The minimum Gasteiger partial charge on any atom is -0.331 e. The fourth-order valence-electron chi connectivity index (χ4n) is 2.12. The monoisotopic (exact) mass is 235 g/mol. The minimum absolute atomic E-state index is 0.0959. The first-order valence-electron chi connectivity index (χ1n) is 5.99. The Morgan fingerprint density at radius 3 is 2.88 bits per heavy atom. The average Bonchev–Trinajstić information content (AvgIpc) is 2.59. The van der Waals surface area contributed by atoms with E-state index in [2.05, 4.69) is 11.9 Å². The Kier molecular flexibility index (Phi) is 3.43. The zero-order valence-corrected chi connectivity index (χ0v) is 10.3. The Labute approximate surface area is 100 Å². The van der Waals surface area contributed by atoms with E-state index in [4.69, 9.17) is 5.73 Å². The quantitative estimate of drug-likeness (QED) is 0.884. The van der Waals surface area contributed by atoms with Crippen molar-refractivity contribution in [1.82, 2.24) is 9.55 Å². The van der Waals surface area contributed by atoms with E-state index in [0.29, 0.717) is 11.9 Å². The van der Waals surface area contributed by atoms with Crippen LogP contribution in [0.2, 0.25) is 0 Å². The highest BCUT2D eigenvalue weighted by atomic mass is 19.1. The van der Waals surface area contributed by atoms with Crippen molar-refractivity contribution in [3.63, 3.8) is 0 Å². The van der Waals surface area contributed by atoms with Gasteiger partial charge in [0.15, 0.2) is 5.82 Å². The summed E-state index contributed by atoms with van der Waals surface area (Å²) in [6.07, 6.45) is 2.71. The van der Waals surface area contributed by atoms with Crippen molar-refractivity contribution in [2.24, 2.45) is 12.8 Å². The molecule has 1 aromatic heterocycles. The van der Waals surface area contributed by atoms with Gasteiger partial charge in [-0.15, -0.1) is 0 Å². The van der Waals surface area contributed by atoms with Gasteiger partial charge >= 0.3 is 0 Å². The summed E-state index contributed by atoms with van der Waals surface area (Å²) in [5, 5.41) is 0. The Hall–Kier alpha value is -1.42. The van der Waals surface area contributed by atoms with Crippen LogP contribution < -0.4 is 5.73 Å². The predicted molar refractivity (Wildman–Crippen MR) is 67.3 cm³/mol. The van der Waals surface area contributed by atoms with Crippen LogP contribution in [0.25, 0.3) is 11.0 Å². The normalized spacial score (nSPS) is 13.2. The summed E-state index contributed by atoms with van der Waals surface area (Å²) >= 11 is 0. The Balaban J connectivity index is 2.35. The lowest BCUT2D eigenvalue weighted by Crippen LogP contribution is -2.24. The summed E-state index contributed by atoms with van der Waals surface area (Å²) in [6, 6.07) is 5.11. The van der Waals surface area contributed by atoms with E-state index in [1.54, 1.807) is 6.07 Å². The fraction of sp³-hybridized carbons (Fsp3) is 0.462. The summed E-state index contributed by atoms with van der Waals surface area (Å²) in [4.78, 5) is 4.34. The molecule has 0 amide bonds. The predicted octanol–water partition coefficient (Wildman–Crippen LogP) is 2.38. The van der Waals surface area contributed by atoms with Gasteiger partial charge in [0, 0.05) is 19.5 Å². The maximum atomic E-state index is 13.6. The molecule has 0 aliphatic carbocycles. The van der Waals surface area contributed by atoms with Gasteiger partial charge in [0.05, 0.1) is 5.52 Å². The molecule has 0 radical (unpaired) electrons. The van der Waals surface area contributed by atoms with E-state index in [9.17, 15) is 4.39 Å². The van der Waals surface area contributed by atoms with Crippen molar-refractivity contribution in [2.75, 3.05) is 0 Å². The van der Waals surface area contributed by atoms with E-state index >= 15 is 0 Å². The van der Waals surface area contributed by atoms with Crippen LogP contribution in [0.5, 0.6) is 0 Å². The third-order valence-corrected chi connectivity index (χ3v) is 3.06. The van der Waals surface area contributed by atoms with E-state index in [1.807, 2.05) is 17.7 Å². The van der Waals surface area contributed by atoms with Crippen LogP contribution in [0.3, 0.4) is 0 Å². The van der Waals surface area contributed by atoms with Crippen LogP contribution in [0.15, 0.2) is 18.2 Å². The zero-order chi connectivity index (χ0) is 12.4. The number of fused-ring (bicyclic) bond motifs is 1. The highest BCUT2D eigenvalue weighted by Crippen LogP contribution is 2.18. The van der Waals surface area contributed by atoms with Gasteiger partial charge in [0.25, 0.3) is 0 Å². The molecule has 92 valence electrons. The molecule has 1 aromatic carbocycles. The summed E-state index contributed by atoms with van der Waals surface area (Å²) in [6.45, 7) is 2.11. The molecule has 4 heteroatoms. The number of aromatic nitrogens is 2. The molecule has 0 bridgehead atoms. The smallest absolute Gasteiger partial charge is 0.151 e. The molecule has 2 rings (SSSR count). The number of imidazole rings is 1. The highest BCUT2D eigenvalue weighted by molar-refractivity contribution is 5.76. The molecule has 0 saturated carbocycles. The van der Waals surface area contributed by atoms with Gasteiger partial charge in [0.1, 0.15) is 11.3 Å². The molecule has 0 saturated heterocycles. The van der Waals surface area contributed by atoms with Crippen LogP contribution in [0, 0.1) is 5.82 Å². The summed E-state index contributed by atoms with van der Waals surface area (Å²) < 4.78 is 15.5. The van der Waals surface area contributed by atoms with Gasteiger partial charge in [-0.2, -0.15) is 0 Å². The topological polar surface area (TPSA) is 43.8 Å². The summed E-state index contributed by atoms with van der Waals surface area (Å²) in [5.74, 6) is 0.583. The molecule has 2 N–H and O–H groups in total. The Morgan fingerprint density at radius 1 is 1.47 bits per heavy atom. The van der Waals surface area contributed by atoms with Crippen molar-refractivity contribution in [3.8, 4) is 0 Å². The standard InChI is InChI=1S/C13H18FN3/c1-3-5-9(15)8-12-16-13-10(14)6-4-7-11(13)17(12)2/h4,6-7,9H,3,5,8,15H2,1-2H3. The second-order valence-electron chi connectivity index (χ2n) is 4.45. The number of halogens is 1. The molecular weight excluding hydrogens is 217 g/mol. The third-order valence-electron chi connectivity index (χ3n) is 3.06. The van der Waals surface area contributed by atoms with Gasteiger partial charge in [-0.3, -0.25) is 0 Å². The lowest BCUT2D eigenvalue weighted by Gasteiger charge is -2.09. The van der Waals surface area contributed by atoms with E-state index in [-0.39, 0.29) is 11.9 Å². The molecule has 0 fully saturated rings. The van der Waals surface area contributed by atoms with Crippen LogP contribution in [-0.2, 0) is 13.5 Å². The molecule has 1 heterocycles. The van der Waals surface area contributed by atoms with E-state index < -0.39 is 0 Å². The first-order valence-corrected chi connectivity index (χ1v) is 5.99. The Morgan fingerprint density at radius 2 is 2.24 bits per heavy atom. The van der Waals surface area contributed by atoms with Gasteiger partial charge < -0.3 is 10.3 Å². The number of para-hydroxylation sites is 1. The lowest BCUT2D eigenvalue weighted by atomic mass is 10.1. The molecular formula is C13H18FN3. The summed E-state index contributed by atoms with van der Waals surface area (Å²) in [5.41, 5.74) is 7.26. The third kappa shape index (κ3) is 2.31. The van der Waals surface area contributed by atoms with Crippen molar-refractivity contribution < 1.29 is 4.39 Å². The second kappa shape index (κ2) is 4.84. The molecule has 1 unspecified atom stereocenters. The number of aryl methyl sites for hydroxylation is 1. The van der Waals surface area contributed by atoms with Crippen LogP contribution in [-0.4, -0.2) is 15.6 Å². The molecule has 0 aliphatic heterocycles. The highest BCUT2D eigenvalue weighted by Gasteiger charge is 2.13. The second-order valence-corrected chi connectivity index (χ2v) is 4.45. The number of rotatable bonds is 4. The number of nitrogens with zero attached hydrogens (tertiary/aromatic N) is 2. The Bertz CT molecular complexity index is 519. The minimum atomic E-state index is -0.270. The van der Waals surface area contributed by atoms with E-state index in [1.165, 1.54) is 6.07 Å². The summed E-state index contributed by atoms with van der Waals surface area (Å²) in [7, 11) is 1.91. The molecule has 0 spiro atoms. The van der Waals surface area contributed by atoms with Crippen LogP contribution >= 0.6 is 0 Å². The maximum absolute atomic E-state index is 13.6. The SMILES string of the molecule is CCCC(N)Cc1nc2c(F)cccc2n1C. The first-order chi connectivity index (χ1) is 8.13. The van der Waals surface area contributed by atoms with Crippen molar-refractivity contribution >= 4 is 11.0 Å². The molecule has 1 atom stereocenters. The van der Waals surface area contributed by atoms with Crippen molar-refractivity contribution in [3.05, 3.63) is 29.8 Å². The van der Waals surface area contributed by atoms with Gasteiger partial charge in [-0.05, 0) is 18.6 Å². The van der Waals surface area contributed by atoms with Crippen LogP contribution in [0.1, 0.15) is 25.6 Å². The lowest BCUT2D eigenvalue weighted by molar-refractivity contribution is 0.575. The van der Waals surface area contributed by atoms with Gasteiger partial charge in [-0.25, -0.2) is 9.37 Å². The van der Waals surface area contributed by atoms with Crippen LogP contribution in [0.4, 0.5) is 4.39 Å². The van der Waals surface area contributed by atoms with Crippen molar-refractivity contribution in [1.29, 1.82) is 0 Å². The molecule has 2 aromatic rings. The number of benzene rings is 1. The molecule has 17 heavy (non-hydrogen) atoms. The molecule has 3 nitrogen and oxygen atoms in total. The zero-order valence-electron chi connectivity index (χ0n) is 10.3. The first kappa shape index (κ1) is 12.0. The van der Waals surface area contributed by atoms with E-state index in [0.717, 1.165) is 24.2 Å². The number of nitrogens with two attached hydrogens (primary N) is 1. The average molecular weight is 235 g/mol. The number of hydrogen-bond donors (Lipinski definition) is 1. The fourth-order valence-corrected chi connectivity index (χ4v) is 2.12. The maximum Gasteiger partial charge on any atom is 0.151 e. The molecule has 0 aliphatic rings.